The maximum atomic E-state index is 12.3. The van der Waals surface area contributed by atoms with Gasteiger partial charge in [0, 0.05) is 17.9 Å². The fraction of sp³-hybridized carbons (Fsp3) is 0.174. The molecule has 3 rings (SSSR count). The van der Waals surface area contributed by atoms with Gasteiger partial charge in [0.05, 0.1) is 11.3 Å². The summed E-state index contributed by atoms with van der Waals surface area (Å²) in [6.45, 7) is 3.67. The summed E-state index contributed by atoms with van der Waals surface area (Å²) in [5, 5.41) is 19.0. The number of primary amides is 1. The molecular formula is C23H24N6O5S. The van der Waals surface area contributed by atoms with E-state index in [1.165, 1.54) is 0 Å². The maximum absolute atomic E-state index is 12.3. The predicted octanol–water partition coefficient (Wildman–Crippen LogP) is 3.77. The molecule has 5 amide bonds. The van der Waals surface area contributed by atoms with Gasteiger partial charge in [0.25, 0.3) is 5.91 Å². The van der Waals surface area contributed by atoms with Crippen LogP contribution in [0.2, 0.25) is 0 Å². The van der Waals surface area contributed by atoms with Crippen LogP contribution < -0.4 is 27.0 Å². The molecule has 1 aromatic heterocycles. The minimum Gasteiger partial charge on any atom is -0.481 e. The van der Waals surface area contributed by atoms with Gasteiger partial charge >= 0.3 is 18.0 Å². The number of hydrogen-bond donors (Lipinski definition) is 6. The Morgan fingerprint density at radius 1 is 0.943 bits per heavy atom. The second kappa shape index (κ2) is 11.1. The topological polar surface area (TPSA) is 176 Å². The third-order valence-electron chi connectivity index (χ3n) is 4.83. The molecule has 182 valence electrons. The average molecular weight is 497 g/mol. The number of anilines is 3. The maximum Gasteiger partial charge on any atom is 0.323 e. The van der Waals surface area contributed by atoms with Gasteiger partial charge in [-0.05, 0) is 60.8 Å². The summed E-state index contributed by atoms with van der Waals surface area (Å²) in [7, 11) is 0. The van der Waals surface area contributed by atoms with E-state index in [1.54, 1.807) is 37.3 Å². The van der Waals surface area contributed by atoms with E-state index in [1.807, 2.05) is 19.1 Å². The molecule has 35 heavy (non-hydrogen) atoms. The molecule has 2 aromatic carbocycles. The van der Waals surface area contributed by atoms with Crippen molar-refractivity contribution in [3.8, 4) is 10.4 Å². The van der Waals surface area contributed by atoms with Crippen LogP contribution in [0.25, 0.3) is 10.4 Å². The van der Waals surface area contributed by atoms with Gasteiger partial charge in [-0.3, -0.25) is 14.9 Å². The Kier molecular flexibility index (Phi) is 8.00. The first kappa shape index (κ1) is 25.2. The molecule has 0 aliphatic carbocycles. The van der Waals surface area contributed by atoms with Crippen LogP contribution in [0.5, 0.6) is 0 Å². The fourth-order valence-electron chi connectivity index (χ4n) is 3.15. The van der Waals surface area contributed by atoms with Crippen molar-refractivity contribution < 1.29 is 24.3 Å². The van der Waals surface area contributed by atoms with Crippen LogP contribution in [0, 0.1) is 13.8 Å². The number of nitrogens with zero attached hydrogens (tertiary/aromatic N) is 1. The zero-order valence-corrected chi connectivity index (χ0v) is 19.8. The summed E-state index contributed by atoms with van der Waals surface area (Å²) in [5.41, 5.74) is 9.25. The summed E-state index contributed by atoms with van der Waals surface area (Å²) in [5.74, 6) is -1.86. The van der Waals surface area contributed by atoms with Gasteiger partial charge in [-0.2, -0.15) is 4.37 Å². The SMILES string of the molecule is Cc1ccc(NC(=O)Nc2ccc(-c3snc(NC(=O)NCCC(=O)O)c3C(N)=O)c(C)c2)cc1. The number of aryl methyl sites for hydroxylation is 2. The van der Waals surface area contributed by atoms with E-state index in [0.717, 1.165) is 22.7 Å². The number of carboxylic acid groups (broad SMARTS) is 1. The lowest BCUT2D eigenvalue weighted by molar-refractivity contribution is -0.136. The molecule has 3 aromatic rings. The zero-order chi connectivity index (χ0) is 25.5. The number of nitrogens with one attached hydrogen (secondary N) is 4. The summed E-state index contributed by atoms with van der Waals surface area (Å²) in [4.78, 5) is 47.5. The van der Waals surface area contributed by atoms with Crippen LogP contribution in [-0.2, 0) is 4.79 Å². The average Bonchev–Trinajstić information content (AvgIpc) is 3.18. The van der Waals surface area contributed by atoms with Crippen LogP contribution in [-0.4, -0.2) is 40.0 Å². The number of amides is 5. The van der Waals surface area contributed by atoms with Crippen LogP contribution in [0.3, 0.4) is 0 Å². The quantitative estimate of drug-likeness (QED) is 0.277. The summed E-state index contributed by atoms with van der Waals surface area (Å²) in [6.07, 6.45) is -0.249. The third-order valence-corrected chi connectivity index (χ3v) is 5.71. The van der Waals surface area contributed by atoms with E-state index < -0.39 is 23.9 Å². The van der Waals surface area contributed by atoms with Gasteiger partial charge in [0.2, 0.25) is 0 Å². The lowest BCUT2D eigenvalue weighted by Gasteiger charge is -2.11. The number of carbonyl (C=O) groups is 4. The first-order chi connectivity index (χ1) is 16.6. The number of hydrogen-bond acceptors (Lipinski definition) is 6. The highest BCUT2D eigenvalue weighted by Crippen LogP contribution is 2.36. The Morgan fingerprint density at radius 3 is 2.23 bits per heavy atom. The van der Waals surface area contributed by atoms with Gasteiger partial charge in [0.15, 0.2) is 5.82 Å². The highest BCUT2D eigenvalue weighted by molar-refractivity contribution is 7.10. The molecule has 0 bridgehead atoms. The number of benzene rings is 2. The largest absolute Gasteiger partial charge is 0.481 e. The number of carboxylic acids is 1. The highest BCUT2D eigenvalue weighted by Gasteiger charge is 2.22. The molecule has 7 N–H and O–H groups in total. The monoisotopic (exact) mass is 496 g/mol. The molecular weight excluding hydrogens is 472 g/mol. The predicted molar refractivity (Wildman–Crippen MR) is 134 cm³/mol. The lowest BCUT2D eigenvalue weighted by Crippen LogP contribution is -2.31. The molecule has 0 aliphatic rings. The number of nitrogens with two attached hydrogens (primary N) is 1. The standard InChI is InChI=1S/C23H24N6O5S/c1-12-3-5-14(6-4-12)26-23(34)27-15-7-8-16(13(2)11-15)19-18(20(24)32)21(29-35-19)28-22(33)25-10-9-17(30)31/h3-8,11H,9-10H2,1-2H3,(H2,24,32)(H,30,31)(H2,26,27,34)(H2,25,28,29,33). The zero-order valence-electron chi connectivity index (χ0n) is 19.0. The Morgan fingerprint density at radius 2 is 1.60 bits per heavy atom. The number of aromatic nitrogens is 1. The first-order valence-corrected chi connectivity index (χ1v) is 11.2. The van der Waals surface area contributed by atoms with Crippen molar-refractivity contribution in [2.75, 3.05) is 22.5 Å². The van der Waals surface area contributed by atoms with Gasteiger partial charge in [-0.1, -0.05) is 23.8 Å². The first-order valence-electron chi connectivity index (χ1n) is 10.5. The third kappa shape index (κ3) is 6.77. The van der Waals surface area contributed by atoms with Crippen molar-refractivity contribution in [2.24, 2.45) is 5.73 Å². The molecule has 0 radical (unpaired) electrons. The minimum atomic E-state index is -1.06. The molecule has 0 unspecified atom stereocenters. The van der Waals surface area contributed by atoms with Gasteiger partial charge in [0.1, 0.15) is 5.56 Å². The Labute approximate surface area is 204 Å². The molecule has 0 atom stereocenters. The second-order valence-electron chi connectivity index (χ2n) is 7.60. The Bertz CT molecular complexity index is 1270. The van der Waals surface area contributed by atoms with E-state index in [0.29, 0.717) is 21.8 Å². The van der Waals surface area contributed by atoms with Crippen molar-refractivity contribution in [3.63, 3.8) is 0 Å². The van der Waals surface area contributed by atoms with Gasteiger partial charge in [-0.15, -0.1) is 0 Å². The van der Waals surface area contributed by atoms with E-state index in [2.05, 4.69) is 25.6 Å². The number of carbonyl (C=O) groups excluding carboxylic acids is 3. The smallest absolute Gasteiger partial charge is 0.323 e. The van der Waals surface area contributed by atoms with Crippen LogP contribution in [0.4, 0.5) is 26.8 Å². The summed E-state index contributed by atoms with van der Waals surface area (Å²) < 4.78 is 4.13. The number of rotatable bonds is 8. The lowest BCUT2D eigenvalue weighted by atomic mass is 10.0. The molecule has 11 nitrogen and oxygen atoms in total. The van der Waals surface area contributed by atoms with Crippen LogP contribution >= 0.6 is 11.5 Å². The van der Waals surface area contributed by atoms with Crippen LogP contribution in [0.15, 0.2) is 42.5 Å². The van der Waals surface area contributed by atoms with Crippen molar-refractivity contribution in [1.82, 2.24) is 9.69 Å². The van der Waals surface area contributed by atoms with Gasteiger partial charge in [-0.25, -0.2) is 9.59 Å². The van der Waals surface area contributed by atoms with E-state index in [9.17, 15) is 19.2 Å². The highest BCUT2D eigenvalue weighted by atomic mass is 32.1. The van der Waals surface area contributed by atoms with Crippen molar-refractivity contribution >= 4 is 52.7 Å². The number of urea groups is 2. The molecule has 0 saturated carbocycles. The van der Waals surface area contributed by atoms with Crippen molar-refractivity contribution in [3.05, 3.63) is 59.2 Å². The number of aliphatic carboxylic acids is 1. The van der Waals surface area contributed by atoms with Crippen molar-refractivity contribution in [2.45, 2.75) is 20.3 Å². The van der Waals surface area contributed by atoms with E-state index >= 15 is 0 Å². The normalized spacial score (nSPS) is 10.3. The molecule has 0 saturated heterocycles. The molecule has 12 heteroatoms. The summed E-state index contributed by atoms with van der Waals surface area (Å²) in [6, 6.07) is 11.4. The molecule has 0 spiro atoms. The van der Waals surface area contributed by atoms with Crippen molar-refractivity contribution in [1.29, 1.82) is 0 Å². The van der Waals surface area contributed by atoms with E-state index in [-0.39, 0.29) is 24.3 Å². The Balaban J connectivity index is 1.74. The van der Waals surface area contributed by atoms with Crippen LogP contribution in [0.1, 0.15) is 27.9 Å². The van der Waals surface area contributed by atoms with E-state index in [4.69, 9.17) is 10.8 Å². The molecule has 0 fully saturated rings. The molecule has 1 heterocycles. The minimum absolute atomic E-state index is 0.0237. The summed E-state index contributed by atoms with van der Waals surface area (Å²) >= 11 is 0.978. The fourth-order valence-corrected chi connectivity index (χ4v) is 4.08. The second-order valence-corrected chi connectivity index (χ2v) is 8.37. The molecule has 0 aliphatic heterocycles. The van der Waals surface area contributed by atoms with Gasteiger partial charge < -0.3 is 26.8 Å². The Hall–Kier alpha value is -4.45.